The second kappa shape index (κ2) is 8.97. The maximum atomic E-state index is 12.2. The summed E-state index contributed by atoms with van der Waals surface area (Å²) in [5.74, 6) is 0.285. The number of hydrogen-bond donors (Lipinski definition) is 1. The minimum absolute atomic E-state index is 0.0410. The van der Waals surface area contributed by atoms with Crippen molar-refractivity contribution in [2.75, 3.05) is 25.2 Å². The van der Waals surface area contributed by atoms with Crippen LogP contribution in [0, 0.1) is 0 Å². The molecule has 4 aromatic rings. The predicted octanol–water partition coefficient (Wildman–Crippen LogP) is 3.22. The number of pyridine rings is 2. The number of nitrogens with one attached hydrogen (secondary N) is 1. The van der Waals surface area contributed by atoms with Crippen LogP contribution in [-0.4, -0.2) is 56.1 Å². The Bertz CT molecular complexity index is 1220. The minimum atomic E-state index is -0.181. The minimum Gasteiger partial charge on any atom is -0.345 e. The van der Waals surface area contributed by atoms with Gasteiger partial charge >= 0.3 is 0 Å². The van der Waals surface area contributed by atoms with Gasteiger partial charge in [0.1, 0.15) is 0 Å². The Kier molecular flexibility index (Phi) is 5.94. The van der Waals surface area contributed by atoms with Crippen LogP contribution in [0.4, 0.5) is 5.95 Å². The smallest absolute Gasteiger partial charge is 0.253 e. The topological polar surface area (TPSA) is 92.5 Å². The molecule has 3 heterocycles. The number of anilines is 1. The van der Waals surface area contributed by atoms with E-state index in [1.807, 2.05) is 42.6 Å². The second-order valence-electron chi connectivity index (χ2n) is 6.95. The standard InChI is InChI=1S/C22H20N6O2S/c1-27(2)21(30)16-5-3-15(4-6-16)17-7-8-19-24-22(26-28(19)13-17)25-20(29)14-31-18-9-11-23-12-10-18/h3-13H,14H2,1-2H3,(H,25,26,29). The summed E-state index contributed by atoms with van der Waals surface area (Å²) >= 11 is 1.42. The number of fused-ring (bicyclic) bond motifs is 1. The summed E-state index contributed by atoms with van der Waals surface area (Å²) in [4.78, 5) is 35.1. The van der Waals surface area contributed by atoms with E-state index in [4.69, 9.17) is 0 Å². The van der Waals surface area contributed by atoms with Crippen LogP contribution in [0.5, 0.6) is 0 Å². The molecule has 0 unspecified atom stereocenters. The van der Waals surface area contributed by atoms with Crippen molar-refractivity contribution in [1.82, 2.24) is 24.5 Å². The average molecular weight is 433 g/mol. The molecule has 3 aromatic heterocycles. The predicted molar refractivity (Wildman–Crippen MR) is 120 cm³/mol. The van der Waals surface area contributed by atoms with E-state index in [1.54, 1.807) is 48.0 Å². The number of benzene rings is 1. The van der Waals surface area contributed by atoms with Gasteiger partial charge in [0.05, 0.1) is 5.75 Å². The molecular formula is C22H20N6O2S. The molecule has 0 aliphatic rings. The molecule has 1 aromatic carbocycles. The van der Waals surface area contributed by atoms with E-state index in [-0.39, 0.29) is 23.5 Å². The molecule has 0 radical (unpaired) electrons. The molecule has 4 rings (SSSR count). The molecule has 0 fully saturated rings. The van der Waals surface area contributed by atoms with Crippen LogP contribution >= 0.6 is 11.8 Å². The van der Waals surface area contributed by atoms with Crippen LogP contribution in [0.2, 0.25) is 0 Å². The molecule has 0 aliphatic carbocycles. The van der Waals surface area contributed by atoms with Crippen molar-refractivity contribution >= 4 is 35.2 Å². The van der Waals surface area contributed by atoms with Crippen molar-refractivity contribution in [1.29, 1.82) is 0 Å². The van der Waals surface area contributed by atoms with Gasteiger partial charge in [-0.1, -0.05) is 12.1 Å². The van der Waals surface area contributed by atoms with E-state index in [9.17, 15) is 9.59 Å². The van der Waals surface area contributed by atoms with E-state index < -0.39 is 0 Å². The normalized spacial score (nSPS) is 10.8. The molecule has 156 valence electrons. The molecule has 0 saturated heterocycles. The molecule has 2 amide bonds. The third-order valence-corrected chi connectivity index (χ3v) is 5.49. The van der Waals surface area contributed by atoms with E-state index in [0.717, 1.165) is 16.0 Å². The number of nitrogens with zero attached hydrogens (tertiary/aromatic N) is 5. The van der Waals surface area contributed by atoms with Gasteiger partial charge in [-0.25, -0.2) is 4.52 Å². The lowest BCUT2D eigenvalue weighted by Gasteiger charge is -2.10. The van der Waals surface area contributed by atoms with Crippen LogP contribution in [0.25, 0.3) is 16.8 Å². The zero-order valence-corrected chi connectivity index (χ0v) is 17.8. The quantitative estimate of drug-likeness (QED) is 0.470. The highest BCUT2D eigenvalue weighted by atomic mass is 32.2. The van der Waals surface area contributed by atoms with E-state index in [1.165, 1.54) is 11.8 Å². The summed E-state index contributed by atoms with van der Waals surface area (Å²) in [6.07, 6.45) is 5.22. The van der Waals surface area contributed by atoms with E-state index in [2.05, 4.69) is 20.4 Å². The van der Waals surface area contributed by atoms with Gasteiger partial charge in [0.25, 0.3) is 5.91 Å². The maximum Gasteiger partial charge on any atom is 0.253 e. The van der Waals surface area contributed by atoms with Crippen LogP contribution in [0.3, 0.4) is 0 Å². The van der Waals surface area contributed by atoms with Crippen LogP contribution < -0.4 is 5.32 Å². The number of carbonyl (C=O) groups excluding carboxylic acids is 2. The highest BCUT2D eigenvalue weighted by Gasteiger charge is 2.11. The van der Waals surface area contributed by atoms with Crippen LogP contribution in [0.15, 0.2) is 72.0 Å². The molecule has 31 heavy (non-hydrogen) atoms. The number of thioether (sulfide) groups is 1. The summed E-state index contributed by atoms with van der Waals surface area (Å²) in [5, 5.41) is 7.09. The van der Waals surface area contributed by atoms with E-state index in [0.29, 0.717) is 11.2 Å². The van der Waals surface area contributed by atoms with Gasteiger partial charge in [-0.05, 0) is 42.0 Å². The highest BCUT2D eigenvalue weighted by molar-refractivity contribution is 8.00. The van der Waals surface area contributed by atoms with Gasteiger partial charge in [-0.15, -0.1) is 16.9 Å². The van der Waals surface area contributed by atoms with Gasteiger partial charge in [-0.2, -0.15) is 4.98 Å². The lowest BCUT2D eigenvalue weighted by Crippen LogP contribution is -2.21. The number of amides is 2. The molecule has 0 atom stereocenters. The summed E-state index contributed by atoms with van der Waals surface area (Å²) < 4.78 is 1.62. The summed E-state index contributed by atoms with van der Waals surface area (Å²) in [5.41, 5.74) is 3.13. The molecule has 0 aliphatic heterocycles. The lowest BCUT2D eigenvalue weighted by molar-refractivity contribution is -0.113. The van der Waals surface area contributed by atoms with Crippen LogP contribution in [-0.2, 0) is 4.79 Å². The van der Waals surface area contributed by atoms with Crippen LogP contribution in [0.1, 0.15) is 10.4 Å². The van der Waals surface area contributed by atoms with Gasteiger partial charge in [-0.3, -0.25) is 19.9 Å². The maximum absolute atomic E-state index is 12.2. The number of carbonyl (C=O) groups is 2. The Morgan fingerprint density at radius 1 is 1.00 bits per heavy atom. The SMILES string of the molecule is CN(C)C(=O)c1ccc(-c2ccc3nc(NC(=O)CSc4ccncc4)nn3c2)cc1. The first-order valence-electron chi connectivity index (χ1n) is 9.51. The third kappa shape index (κ3) is 4.89. The first-order valence-corrected chi connectivity index (χ1v) is 10.5. The summed E-state index contributed by atoms with van der Waals surface area (Å²) in [6.45, 7) is 0. The fraction of sp³-hybridized carbons (Fsp3) is 0.136. The first kappa shape index (κ1) is 20.5. The van der Waals surface area contributed by atoms with Gasteiger partial charge in [0.2, 0.25) is 11.9 Å². The van der Waals surface area contributed by atoms with Crippen molar-refractivity contribution in [2.45, 2.75) is 4.90 Å². The van der Waals surface area contributed by atoms with E-state index >= 15 is 0 Å². The van der Waals surface area contributed by atoms with Gasteiger partial charge in [0, 0.05) is 48.7 Å². The number of hydrogen-bond acceptors (Lipinski definition) is 6. The molecule has 8 nitrogen and oxygen atoms in total. The first-order chi connectivity index (χ1) is 15.0. The summed E-state index contributed by atoms with van der Waals surface area (Å²) in [7, 11) is 3.45. The zero-order chi connectivity index (χ0) is 21.8. The molecule has 0 saturated carbocycles. The molecule has 0 spiro atoms. The molecule has 9 heteroatoms. The Balaban J connectivity index is 1.45. The number of aromatic nitrogens is 4. The molecular weight excluding hydrogens is 412 g/mol. The highest BCUT2D eigenvalue weighted by Crippen LogP contribution is 2.21. The Morgan fingerprint density at radius 3 is 2.42 bits per heavy atom. The average Bonchev–Trinajstić information content (AvgIpc) is 3.19. The zero-order valence-electron chi connectivity index (χ0n) is 17.0. The molecule has 0 bridgehead atoms. The second-order valence-corrected chi connectivity index (χ2v) is 8.00. The monoisotopic (exact) mass is 432 g/mol. The van der Waals surface area contributed by atoms with Crippen molar-refractivity contribution in [3.63, 3.8) is 0 Å². The fourth-order valence-electron chi connectivity index (χ4n) is 2.91. The lowest BCUT2D eigenvalue weighted by atomic mass is 10.1. The van der Waals surface area contributed by atoms with Gasteiger partial charge < -0.3 is 4.90 Å². The third-order valence-electron chi connectivity index (χ3n) is 4.47. The van der Waals surface area contributed by atoms with Crippen molar-refractivity contribution in [2.24, 2.45) is 0 Å². The Morgan fingerprint density at radius 2 is 1.71 bits per heavy atom. The number of rotatable bonds is 6. The van der Waals surface area contributed by atoms with Crippen molar-refractivity contribution in [3.8, 4) is 11.1 Å². The van der Waals surface area contributed by atoms with Crippen molar-refractivity contribution < 1.29 is 9.59 Å². The Labute approximate surface area is 183 Å². The summed E-state index contributed by atoms with van der Waals surface area (Å²) in [6, 6.07) is 14.9. The Hall–Kier alpha value is -3.72. The largest absolute Gasteiger partial charge is 0.345 e. The van der Waals surface area contributed by atoms with Gasteiger partial charge in [0.15, 0.2) is 5.65 Å². The fourth-order valence-corrected chi connectivity index (χ4v) is 3.60. The molecule has 1 N–H and O–H groups in total. The van der Waals surface area contributed by atoms with Crippen molar-refractivity contribution in [3.05, 3.63) is 72.7 Å².